The fourth-order valence-corrected chi connectivity index (χ4v) is 3.76. The molecule has 2 N–H and O–H groups in total. The van der Waals surface area contributed by atoms with Crippen molar-refractivity contribution in [2.45, 2.75) is 20.3 Å². The Bertz CT molecular complexity index is 1080. The molecule has 0 saturated heterocycles. The number of hydrogen-bond acceptors (Lipinski definition) is 2. The van der Waals surface area contributed by atoms with Crippen LogP contribution in [-0.4, -0.2) is 10.2 Å². The molecule has 2 nitrogen and oxygen atoms in total. The average molecular weight is 380 g/mol. The Labute approximate surface area is 171 Å². The lowest BCUT2D eigenvalue weighted by Crippen LogP contribution is -1.92. The summed E-state index contributed by atoms with van der Waals surface area (Å²) < 4.78 is 0. The Morgan fingerprint density at radius 3 is 1.34 bits per heavy atom. The fraction of sp³-hybridized carbons (Fsp3) is 0.111. The maximum absolute atomic E-state index is 10.6. The molecule has 4 rings (SSSR count). The zero-order chi connectivity index (χ0) is 20.4. The number of aromatic hydroxyl groups is 2. The van der Waals surface area contributed by atoms with E-state index in [0.29, 0.717) is 6.42 Å². The first-order chi connectivity index (χ1) is 14.0. The summed E-state index contributed by atoms with van der Waals surface area (Å²) in [6.07, 6.45) is 0.472. The van der Waals surface area contributed by atoms with Gasteiger partial charge in [0.1, 0.15) is 11.5 Å². The van der Waals surface area contributed by atoms with Gasteiger partial charge in [-0.2, -0.15) is 0 Å². The van der Waals surface area contributed by atoms with E-state index in [4.69, 9.17) is 0 Å². The van der Waals surface area contributed by atoms with Crippen LogP contribution in [0, 0.1) is 13.8 Å². The van der Waals surface area contributed by atoms with Crippen LogP contribution in [0.1, 0.15) is 22.3 Å². The predicted molar refractivity (Wildman–Crippen MR) is 119 cm³/mol. The van der Waals surface area contributed by atoms with Gasteiger partial charge >= 0.3 is 0 Å². The summed E-state index contributed by atoms with van der Waals surface area (Å²) in [4.78, 5) is 0. The van der Waals surface area contributed by atoms with Crippen LogP contribution in [0.5, 0.6) is 11.5 Å². The van der Waals surface area contributed by atoms with E-state index in [1.165, 1.54) is 11.1 Å². The first kappa shape index (κ1) is 18.8. The minimum Gasteiger partial charge on any atom is -0.508 e. The quantitative estimate of drug-likeness (QED) is 0.417. The molecule has 0 aliphatic rings. The van der Waals surface area contributed by atoms with E-state index in [9.17, 15) is 10.2 Å². The van der Waals surface area contributed by atoms with Crippen LogP contribution in [0.3, 0.4) is 0 Å². The Balaban J connectivity index is 1.61. The molecule has 0 saturated carbocycles. The van der Waals surface area contributed by atoms with Crippen LogP contribution in [0.25, 0.3) is 22.3 Å². The average Bonchev–Trinajstić information content (AvgIpc) is 2.71. The lowest BCUT2D eigenvalue weighted by Gasteiger charge is -2.12. The zero-order valence-electron chi connectivity index (χ0n) is 16.7. The number of rotatable bonds is 4. The van der Waals surface area contributed by atoms with Crippen molar-refractivity contribution in [2.24, 2.45) is 0 Å². The van der Waals surface area contributed by atoms with Crippen molar-refractivity contribution < 1.29 is 10.2 Å². The molecule has 4 aromatic carbocycles. The van der Waals surface area contributed by atoms with Crippen LogP contribution in [0.15, 0.2) is 84.9 Å². The van der Waals surface area contributed by atoms with E-state index in [0.717, 1.165) is 33.4 Å². The van der Waals surface area contributed by atoms with E-state index in [1.807, 2.05) is 48.5 Å². The van der Waals surface area contributed by atoms with Crippen LogP contribution in [0.4, 0.5) is 0 Å². The molecule has 0 aliphatic carbocycles. The Morgan fingerprint density at radius 2 is 0.966 bits per heavy atom. The highest BCUT2D eigenvalue weighted by Crippen LogP contribution is 2.33. The molecule has 0 aromatic heterocycles. The lowest BCUT2D eigenvalue weighted by molar-refractivity contribution is 0.463. The molecular formula is C27H24O2. The molecule has 0 unspecified atom stereocenters. The standard InChI is InChI=1S/C27H24O2/c1-18-7-3-5-9-24(18)20-11-13-22(26(28)16-20)15-23-14-12-21(17-27(23)29)25-10-6-4-8-19(25)2/h3-14,16-17,28-29H,15H2,1-2H3. The number of benzene rings is 4. The third kappa shape index (κ3) is 3.88. The monoisotopic (exact) mass is 380 g/mol. The van der Waals surface area contributed by atoms with Crippen molar-refractivity contribution in [1.29, 1.82) is 0 Å². The van der Waals surface area contributed by atoms with Gasteiger partial charge in [-0.3, -0.25) is 0 Å². The van der Waals surface area contributed by atoms with Gasteiger partial charge in [-0.05, 0) is 70.5 Å². The van der Waals surface area contributed by atoms with Gasteiger partial charge in [-0.25, -0.2) is 0 Å². The number of phenolic OH excluding ortho intramolecular Hbond substituents is 2. The number of aryl methyl sites for hydroxylation is 2. The van der Waals surface area contributed by atoms with Crippen LogP contribution in [0.2, 0.25) is 0 Å². The molecule has 0 fully saturated rings. The van der Waals surface area contributed by atoms with E-state index >= 15 is 0 Å². The SMILES string of the molecule is Cc1ccccc1-c1ccc(Cc2ccc(-c3ccccc3C)cc2O)c(O)c1. The molecule has 4 aromatic rings. The normalized spacial score (nSPS) is 10.8. The number of phenols is 2. The first-order valence-electron chi connectivity index (χ1n) is 9.79. The van der Waals surface area contributed by atoms with E-state index in [-0.39, 0.29) is 11.5 Å². The lowest BCUT2D eigenvalue weighted by atomic mass is 9.95. The number of hydrogen-bond donors (Lipinski definition) is 2. The summed E-state index contributed by atoms with van der Waals surface area (Å²) in [5, 5.41) is 21.2. The van der Waals surface area contributed by atoms with Crippen LogP contribution < -0.4 is 0 Å². The Hall–Kier alpha value is -3.52. The molecule has 29 heavy (non-hydrogen) atoms. The summed E-state index contributed by atoms with van der Waals surface area (Å²) in [6.45, 7) is 4.13. The summed E-state index contributed by atoms with van der Waals surface area (Å²) in [7, 11) is 0. The van der Waals surface area contributed by atoms with Gasteiger partial charge in [0.2, 0.25) is 0 Å². The van der Waals surface area contributed by atoms with Gasteiger partial charge in [0.15, 0.2) is 0 Å². The third-order valence-electron chi connectivity index (χ3n) is 5.46. The first-order valence-corrected chi connectivity index (χ1v) is 9.79. The van der Waals surface area contributed by atoms with E-state index in [1.54, 1.807) is 12.1 Å². The van der Waals surface area contributed by atoms with Crippen LogP contribution in [-0.2, 0) is 6.42 Å². The minimum atomic E-state index is 0.244. The fourth-order valence-electron chi connectivity index (χ4n) is 3.76. The van der Waals surface area contributed by atoms with Crippen molar-refractivity contribution in [1.82, 2.24) is 0 Å². The highest BCUT2D eigenvalue weighted by Gasteiger charge is 2.11. The largest absolute Gasteiger partial charge is 0.508 e. The molecule has 0 heterocycles. The van der Waals surface area contributed by atoms with Gasteiger partial charge < -0.3 is 10.2 Å². The van der Waals surface area contributed by atoms with Gasteiger partial charge in [0.25, 0.3) is 0 Å². The van der Waals surface area contributed by atoms with E-state index in [2.05, 4.69) is 38.1 Å². The molecule has 0 atom stereocenters. The third-order valence-corrected chi connectivity index (χ3v) is 5.46. The van der Waals surface area contributed by atoms with Crippen molar-refractivity contribution in [3.8, 4) is 33.8 Å². The molecule has 144 valence electrons. The molecule has 0 radical (unpaired) electrons. The smallest absolute Gasteiger partial charge is 0.119 e. The minimum absolute atomic E-state index is 0.244. The summed E-state index contributed by atoms with van der Waals surface area (Å²) in [6, 6.07) is 27.8. The van der Waals surface area contributed by atoms with Gasteiger partial charge in [0.05, 0.1) is 0 Å². The summed E-state index contributed by atoms with van der Waals surface area (Å²) >= 11 is 0. The summed E-state index contributed by atoms with van der Waals surface area (Å²) in [5.41, 5.74) is 8.13. The summed E-state index contributed by atoms with van der Waals surface area (Å²) in [5.74, 6) is 0.487. The molecule has 0 bridgehead atoms. The second-order valence-electron chi connectivity index (χ2n) is 7.49. The predicted octanol–water partition coefficient (Wildman–Crippen LogP) is 6.64. The van der Waals surface area contributed by atoms with Crippen LogP contribution >= 0.6 is 0 Å². The maximum Gasteiger partial charge on any atom is 0.119 e. The maximum atomic E-state index is 10.6. The highest BCUT2D eigenvalue weighted by molar-refractivity contribution is 5.71. The van der Waals surface area contributed by atoms with Crippen molar-refractivity contribution in [3.05, 3.63) is 107 Å². The van der Waals surface area contributed by atoms with Crippen molar-refractivity contribution >= 4 is 0 Å². The molecular weight excluding hydrogens is 356 g/mol. The molecule has 0 aliphatic heterocycles. The second kappa shape index (κ2) is 7.84. The Kier molecular flexibility index (Phi) is 5.09. The topological polar surface area (TPSA) is 40.5 Å². The van der Waals surface area contributed by atoms with Gasteiger partial charge in [-0.15, -0.1) is 0 Å². The molecule has 0 amide bonds. The second-order valence-corrected chi connectivity index (χ2v) is 7.49. The Morgan fingerprint density at radius 1 is 0.552 bits per heavy atom. The van der Waals surface area contributed by atoms with Gasteiger partial charge in [-0.1, -0.05) is 72.8 Å². The highest BCUT2D eigenvalue weighted by atomic mass is 16.3. The van der Waals surface area contributed by atoms with Crippen molar-refractivity contribution in [2.75, 3.05) is 0 Å². The molecule has 2 heteroatoms. The van der Waals surface area contributed by atoms with Crippen molar-refractivity contribution in [3.63, 3.8) is 0 Å². The van der Waals surface area contributed by atoms with E-state index < -0.39 is 0 Å². The molecule has 0 spiro atoms. The van der Waals surface area contributed by atoms with Gasteiger partial charge in [0, 0.05) is 6.42 Å². The zero-order valence-corrected chi connectivity index (χ0v) is 16.7.